The normalized spacial score (nSPS) is 19.3. The Morgan fingerprint density at radius 2 is 2.22 bits per heavy atom. The molecule has 1 aromatic carbocycles. The highest BCUT2D eigenvalue weighted by Crippen LogP contribution is 2.39. The third kappa shape index (κ3) is 2.40. The minimum absolute atomic E-state index is 0.115. The Bertz CT molecular complexity index is 415. The number of methoxy groups -OCH3 is 1. The van der Waals surface area contributed by atoms with Gasteiger partial charge in [-0.15, -0.1) is 0 Å². The summed E-state index contributed by atoms with van der Waals surface area (Å²) in [7, 11) is 3.63. The fourth-order valence-corrected chi connectivity index (χ4v) is 2.89. The summed E-state index contributed by atoms with van der Waals surface area (Å²) in [5.41, 5.74) is 0.494. The molecule has 4 heteroatoms. The van der Waals surface area contributed by atoms with E-state index in [4.69, 9.17) is 16.3 Å². The molecule has 1 saturated carbocycles. The molecule has 1 N–H and O–H groups in total. The lowest BCUT2D eigenvalue weighted by Gasteiger charge is -2.46. The van der Waals surface area contributed by atoms with E-state index in [1.165, 1.54) is 6.42 Å². The number of rotatable bonds is 5. The quantitative estimate of drug-likeness (QED) is 0.888. The van der Waals surface area contributed by atoms with E-state index in [0.29, 0.717) is 12.0 Å². The van der Waals surface area contributed by atoms with Crippen molar-refractivity contribution in [1.82, 2.24) is 5.32 Å². The molecular formula is C14H19ClFNO. The molecule has 1 unspecified atom stereocenters. The van der Waals surface area contributed by atoms with Crippen LogP contribution in [0.5, 0.6) is 0 Å². The molecule has 1 atom stereocenters. The summed E-state index contributed by atoms with van der Waals surface area (Å²) in [6, 6.07) is 5.26. The summed E-state index contributed by atoms with van der Waals surface area (Å²) in [5.74, 6) is -0.315. The Labute approximate surface area is 112 Å². The standard InChI is InChI=1S/C14H19ClFNO/c1-17-12(14(18-2)7-4-8-14)9-10-5-3-6-11(15)13(10)16/h3,5-6,12,17H,4,7-9H2,1-2H3. The highest BCUT2D eigenvalue weighted by atomic mass is 35.5. The van der Waals surface area contributed by atoms with Gasteiger partial charge in [0, 0.05) is 13.2 Å². The lowest BCUT2D eigenvalue weighted by atomic mass is 9.72. The minimum Gasteiger partial charge on any atom is -0.377 e. The second-order valence-corrected chi connectivity index (χ2v) is 5.29. The number of hydrogen-bond acceptors (Lipinski definition) is 2. The summed E-state index contributed by atoms with van der Waals surface area (Å²) in [6.07, 6.45) is 3.81. The number of benzene rings is 1. The average molecular weight is 272 g/mol. The largest absolute Gasteiger partial charge is 0.377 e. The summed E-state index contributed by atoms with van der Waals surface area (Å²) < 4.78 is 19.6. The smallest absolute Gasteiger partial charge is 0.145 e. The van der Waals surface area contributed by atoms with Gasteiger partial charge in [0.25, 0.3) is 0 Å². The number of halogens is 2. The van der Waals surface area contributed by atoms with E-state index in [2.05, 4.69) is 5.32 Å². The van der Waals surface area contributed by atoms with Gasteiger partial charge >= 0.3 is 0 Å². The SMILES string of the molecule is CNC(Cc1cccc(Cl)c1F)C1(OC)CCC1. The molecule has 18 heavy (non-hydrogen) atoms. The van der Waals surface area contributed by atoms with Crippen molar-refractivity contribution in [2.45, 2.75) is 37.3 Å². The van der Waals surface area contributed by atoms with Crippen molar-refractivity contribution in [2.24, 2.45) is 0 Å². The van der Waals surface area contributed by atoms with Crippen LogP contribution in [0.3, 0.4) is 0 Å². The monoisotopic (exact) mass is 271 g/mol. The van der Waals surface area contributed by atoms with Crippen LogP contribution in [-0.2, 0) is 11.2 Å². The van der Waals surface area contributed by atoms with E-state index in [1.54, 1.807) is 25.3 Å². The summed E-state index contributed by atoms with van der Waals surface area (Å²) in [4.78, 5) is 0. The molecular weight excluding hydrogens is 253 g/mol. The molecule has 0 radical (unpaired) electrons. The highest BCUT2D eigenvalue weighted by Gasteiger charge is 2.43. The highest BCUT2D eigenvalue weighted by molar-refractivity contribution is 6.30. The number of hydrogen-bond donors (Lipinski definition) is 1. The molecule has 0 heterocycles. The first-order valence-electron chi connectivity index (χ1n) is 6.28. The molecule has 1 fully saturated rings. The third-order valence-electron chi connectivity index (χ3n) is 4.05. The third-order valence-corrected chi connectivity index (χ3v) is 4.34. The molecule has 2 rings (SSSR count). The van der Waals surface area contributed by atoms with Crippen molar-refractivity contribution < 1.29 is 9.13 Å². The van der Waals surface area contributed by atoms with Crippen LogP contribution in [0.1, 0.15) is 24.8 Å². The second kappa shape index (κ2) is 5.55. The fourth-order valence-electron chi connectivity index (χ4n) is 2.70. The minimum atomic E-state index is -0.315. The number of likely N-dealkylation sites (N-methyl/N-ethyl adjacent to an activating group) is 1. The topological polar surface area (TPSA) is 21.3 Å². The lowest BCUT2D eigenvalue weighted by Crippen LogP contribution is -2.56. The predicted molar refractivity (Wildman–Crippen MR) is 71.6 cm³/mol. The van der Waals surface area contributed by atoms with Crippen molar-refractivity contribution in [1.29, 1.82) is 0 Å². The molecule has 100 valence electrons. The van der Waals surface area contributed by atoms with Gasteiger partial charge < -0.3 is 10.1 Å². The lowest BCUT2D eigenvalue weighted by molar-refractivity contribution is -0.0967. The Balaban J connectivity index is 2.18. The van der Waals surface area contributed by atoms with Crippen LogP contribution in [0.15, 0.2) is 18.2 Å². The van der Waals surface area contributed by atoms with Gasteiger partial charge in [-0.2, -0.15) is 0 Å². The van der Waals surface area contributed by atoms with Gasteiger partial charge in [0.2, 0.25) is 0 Å². The fraction of sp³-hybridized carbons (Fsp3) is 0.571. The molecule has 0 saturated heterocycles. The van der Waals surface area contributed by atoms with Crippen molar-refractivity contribution in [3.63, 3.8) is 0 Å². The van der Waals surface area contributed by atoms with E-state index in [9.17, 15) is 4.39 Å². The van der Waals surface area contributed by atoms with Crippen LogP contribution >= 0.6 is 11.6 Å². The van der Waals surface area contributed by atoms with Crippen molar-refractivity contribution in [3.05, 3.63) is 34.6 Å². The maximum Gasteiger partial charge on any atom is 0.145 e. The van der Waals surface area contributed by atoms with E-state index >= 15 is 0 Å². The van der Waals surface area contributed by atoms with E-state index in [0.717, 1.165) is 12.8 Å². The molecule has 1 aliphatic carbocycles. The molecule has 1 aliphatic rings. The zero-order valence-corrected chi connectivity index (χ0v) is 11.6. The van der Waals surface area contributed by atoms with Gasteiger partial charge in [-0.25, -0.2) is 4.39 Å². The first-order valence-corrected chi connectivity index (χ1v) is 6.66. The number of nitrogens with one attached hydrogen (secondary N) is 1. The van der Waals surface area contributed by atoms with Crippen LogP contribution < -0.4 is 5.32 Å². The molecule has 0 bridgehead atoms. The van der Waals surface area contributed by atoms with Gasteiger partial charge in [-0.1, -0.05) is 23.7 Å². The Morgan fingerprint density at radius 1 is 1.50 bits per heavy atom. The van der Waals surface area contributed by atoms with Gasteiger partial charge in [-0.05, 0) is 44.4 Å². The molecule has 0 amide bonds. The van der Waals surface area contributed by atoms with Crippen LogP contribution in [0.4, 0.5) is 4.39 Å². The molecule has 2 nitrogen and oxygen atoms in total. The van der Waals surface area contributed by atoms with Gasteiger partial charge in [0.15, 0.2) is 0 Å². The zero-order valence-electron chi connectivity index (χ0n) is 10.8. The van der Waals surface area contributed by atoms with E-state index < -0.39 is 0 Å². The molecule has 1 aromatic rings. The number of ether oxygens (including phenoxy) is 1. The van der Waals surface area contributed by atoms with Crippen molar-refractivity contribution in [2.75, 3.05) is 14.2 Å². The molecule has 0 aliphatic heterocycles. The van der Waals surface area contributed by atoms with Crippen LogP contribution in [-0.4, -0.2) is 25.8 Å². The maximum atomic E-state index is 13.9. The Hall–Kier alpha value is -0.640. The predicted octanol–water partition coefficient (Wildman–Crippen LogP) is 3.18. The maximum absolute atomic E-state index is 13.9. The first-order chi connectivity index (χ1) is 8.63. The first kappa shape index (κ1) is 13.8. The van der Waals surface area contributed by atoms with Crippen molar-refractivity contribution in [3.8, 4) is 0 Å². The van der Waals surface area contributed by atoms with Crippen LogP contribution in [0, 0.1) is 5.82 Å². The Morgan fingerprint density at radius 3 is 2.72 bits per heavy atom. The van der Waals surface area contributed by atoms with E-state index in [1.807, 2.05) is 7.05 Å². The van der Waals surface area contributed by atoms with Gasteiger partial charge in [0.1, 0.15) is 5.82 Å². The van der Waals surface area contributed by atoms with Crippen molar-refractivity contribution >= 4 is 11.6 Å². The summed E-state index contributed by atoms with van der Waals surface area (Å²) in [6.45, 7) is 0. The van der Waals surface area contributed by atoms with Gasteiger partial charge in [0.05, 0.1) is 10.6 Å². The molecule has 0 spiro atoms. The van der Waals surface area contributed by atoms with Crippen LogP contribution in [0.2, 0.25) is 5.02 Å². The molecule has 0 aromatic heterocycles. The van der Waals surface area contributed by atoms with Crippen LogP contribution in [0.25, 0.3) is 0 Å². The second-order valence-electron chi connectivity index (χ2n) is 4.88. The van der Waals surface area contributed by atoms with Gasteiger partial charge in [-0.3, -0.25) is 0 Å². The zero-order chi connectivity index (χ0) is 13.2. The summed E-state index contributed by atoms with van der Waals surface area (Å²) in [5, 5.41) is 3.44. The average Bonchev–Trinajstić information content (AvgIpc) is 2.32. The Kier molecular flexibility index (Phi) is 4.25. The van der Waals surface area contributed by atoms with E-state index in [-0.39, 0.29) is 22.5 Å². The summed E-state index contributed by atoms with van der Waals surface area (Å²) >= 11 is 5.81.